The van der Waals surface area contributed by atoms with Crippen molar-refractivity contribution in [3.8, 4) is 0 Å². The molecule has 1 saturated heterocycles. The van der Waals surface area contributed by atoms with Gasteiger partial charge in [-0.15, -0.1) is 11.3 Å². The summed E-state index contributed by atoms with van der Waals surface area (Å²) in [4.78, 5) is 3.86. The second kappa shape index (κ2) is 6.15. The van der Waals surface area contributed by atoms with Crippen molar-refractivity contribution < 1.29 is 4.74 Å². The minimum Gasteiger partial charge on any atom is -0.381 e. The molecule has 102 valence electrons. The summed E-state index contributed by atoms with van der Waals surface area (Å²) in [6.07, 6.45) is 2.18. The Labute approximate surface area is 114 Å². The molecule has 1 aliphatic rings. The fourth-order valence-corrected chi connectivity index (χ4v) is 3.49. The number of nitrogens with two attached hydrogens (primary N) is 1. The fraction of sp³-hybridized carbons (Fsp3) is 0.714. The molecule has 0 amide bonds. The maximum Gasteiger partial charge on any atom is 0.0472 e. The molecule has 0 aromatic carbocycles. The minimum atomic E-state index is 0.249. The van der Waals surface area contributed by atoms with Gasteiger partial charge >= 0.3 is 0 Å². The highest BCUT2D eigenvalue weighted by atomic mass is 32.1. The van der Waals surface area contributed by atoms with Crippen LogP contribution in [0.2, 0.25) is 0 Å². The Bertz CT molecular complexity index is 347. The SMILES string of the molecule is CC(c1cccs1)N(C)CC1(CN)CCOCC1. The van der Waals surface area contributed by atoms with E-state index >= 15 is 0 Å². The van der Waals surface area contributed by atoms with Gasteiger partial charge in [-0.3, -0.25) is 4.90 Å². The molecular formula is C14H24N2OS. The molecule has 0 saturated carbocycles. The van der Waals surface area contributed by atoms with Crippen molar-refractivity contribution in [2.45, 2.75) is 25.8 Å². The zero-order valence-electron chi connectivity index (χ0n) is 11.4. The molecule has 0 bridgehead atoms. The molecule has 2 N–H and O–H groups in total. The molecule has 3 nitrogen and oxygen atoms in total. The summed E-state index contributed by atoms with van der Waals surface area (Å²) in [6, 6.07) is 4.80. The van der Waals surface area contributed by atoms with Crippen molar-refractivity contribution in [1.82, 2.24) is 4.90 Å². The Hall–Kier alpha value is -0.420. The zero-order chi connectivity index (χ0) is 13.0. The average molecular weight is 268 g/mol. The molecule has 2 rings (SSSR count). The number of ether oxygens (including phenoxy) is 1. The zero-order valence-corrected chi connectivity index (χ0v) is 12.2. The number of thiophene rings is 1. The van der Waals surface area contributed by atoms with Crippen LogP contribution in [0.1, 0.15) is 30.7 Å². The van der Waals surface area contributed by atoms with E-state index in [0.29, 0.717) is 6.04 Å². The molecule has 0 radical (unpaired) electrons. The number of rotatable bonds is 5. The van der Waals surface area contributed by atoms with Gasteiger partial charge in [-0.25, -0.2) is 0 Å². The highest BCUT2D eigenvalue weighted by Gasteiger charge is 2.33. The van der Waals surface area contributed by atoms with Crippen molar-refractivity contribution in [3.05, 3.63) is 22.4 Å². The largest absolute Gasteiger partial charge is 0.381 e. The van der Waals surface area contributed by atoms with E-state index in [0.717, 1.165) is 39.1 Å². The van der Waals surface area contributed by atoms with Crippen LogP contribution in [0.4, 0.5) is 0 Å². The third-order valence-electron chi connectivity index (χ3n) is 4.19. The van der Waals surface area contributed by atoms with Crippen LogP contribution in [-0.2, 0) is 4.74 Å². The van der Waals surface area contributed by atoms with Gasteiger partial charge in [0.15, 0.2) is 0 Å². The molecule has 18 heavy (non-hydrogen) atoms. The predicted molar refractivity (Wildman–Crippen MR) is 76.9 cm³/mol. The van der Waals surface area contributed by atoms with Gasteiger partial charge in [-0.2, -0.15) is 0 Å². The number of hydrogen-bond acceptors (Lipinski definition) is 4. The molecule has 1 unspecified atom stereocenters. The van der Waals surface area contributed by atoms with E-state index in [4.69, 9.17) is 10.5 Å². The fourth-order valence-electron chi connectivity index (χ4n) is 2.64. The first-order chi connectivity index (χ1) is 8.67. The maximum atomic E-state index is 6.03. The molecule has 1 aromatic rings. The van der Waals surface area contributed by atoms with Crippen LogP contribution >= 0.6 is 11.3 Å². The topological polar surface area (TPSA) is 38.5 Å². The van der Waals surface area contributed by atoms with Crippen LogP contribution in [0.3, 0.4) is 0 Å². The van der Waals surface area contributed by atoms with Gasteiger partial charge in [0, 0.05) is 30.7 Å². The third-order valence-corrected chi connectivity index (χ3v) is 5.23. The first kappa shape index (κ1) is 14.0. The average Bonchev–Trinajstić information content (AvgIpc) is 2.92. The molecule has 1 fully saturated rings. The third kappa shape index (κ3) is 3.12. The van der Waals surface area contributed by atoms with Gasteiger partial charge in [-0.05, 0) is 50.2 Å². The van der Waals surface area contributed by atoms with Crippen LogP contribution in [0, 0.1) is 5.41 Å². The van der Waals surface area contributed by atoms with E-state index in [1.165, 1.54) is 4.88 Å². The normalized spacial score (nSPS) is 21.1. The lowest BCUT2D eigenvalue weighted by Crippen LogP contribution is -2.45. The quantitative estimate of drug-likeness (QED) is 0.891. The van der Waals surface area contributed by atoms with Crippen LogP contribution in [-0.4, -0.2) is 38.3 Å². The lowest BCUT2D eigenvalue weighted by Gasteiger charge is -2.40. The van der Waals surface area contributed by atoms with Crippen LogP contribution in [0.5, 0.6) is 0 Å². The summed E-state index contributed by atoms with van der Waals surface area (Å²) in [5.74, 6) is 0. The van der Waals surface area contributed by atoms with Crippen molar-refractivity contribution >= 4 is 11.3 Å². The molecule has 2 heterocycles. The summed E-state index contributed by atoms with van der Waals surface area (Å²) >= 11 is 1.83. The van der Waals surface area contributed by atoms with Gasteiger partial charge < -0.3 is 10.5 Å². The Kier molecular flexibility index (Phi) is 4.78. The van der Waals surface area contributed by atoms with Crippen molar-refractivity contribution in [2.75, 3.05) is 33.4 Å². The smallest absolute Gasteiger partial charge is 0.0472 e. The Morgan fingerprint density at radius 2 is 2.22 bits per heavy atom. The van der Waals surface area contributed by atoms with Crippen molar-refractivity contribution in [1.29, 1.82) is 0 Å². The van der Waals surface area contributed by atoms with Gasteiger partial charge in [-0.1, -0.05) is 6.07 Å². The van der Waals surface area contributed by atoms with Crippen LogP contribution in [0.25, 0.3) is 0 Å². The summed E-state index contributed by atoms with van der Waals surface area (Å²) in [5.41, 5.74) is 6.27. The monoisotopic (exact) mass is 268 g/mol. The molecule has 1 atom stereocenters. The predicted octanol–water partition coefficient (Wildman–Crippen LogP) is 2.50. The Morgan fingerprint density at radius 1 is 1.50 bits per heavy atom. The van der Waals surface area contributed by atoms with E-state index in [2.05, 4.69) is 36.4 Å². The second-order valence-corrected chi connectivity index (χ2v) is 6.40. The van der Waals surface area contributed by atoms with E-state index in [9.17, 15) is 0 Å². The van der Waals surface area contributed by atoms with E-state index in [-0.39, 0.29) is 5.41 Å². The number of hydrogen-bond donors (Lipinski definition) is 1. The van der Waals surface area contributed by atoms with Gasteiger partial charge in [0.2, 0.25) is 0 Å². The van der Waals surface area contributed by atoms with E-state index < -0.39 is 0 Å². The maximum absolute atomic E-state index is 6.03. The van der Waals surface area contributed by atoms with E-state index in [1.807, 2.05) is 11.3 Å². The molecular weight excluding hydrogens is 244 g/mol. The number of nitrogens with zero attached hydrogens (tertiary/aromatic N) is 1. The summed E-state index contributed by atoms with van der Waals surface area (Å²) in [7, 11) is 2.21. The Morgan fingerprint density at radius 3 is 2.78 bits per heavy atom. The standard InChI is InChI=1S/C14H24N2OS/c1-12(13-4-3-9-18-13)16(2)11-14(10-15)5-7-17-8-6-14/h3-4,9,12H,5-8,10-11,15H2,1-2H3. The van der Waals surface area contributed by atoms with Crippen LogP contribution < -0.4 is 5.73 Å². The molecule has 0 aliphatic carbocycles. The first-order valence-electron chi connectivity index (χ1n) is 6.68. The molecule has 4 heteroatoms. The Balaban J connectivity index is 1.98. The van der Waals surface area contributed by atoms with Crippen molar-refractivity contribution in [3.63, 3.8) is 0 Å². The molecule has 1 aromatic heterocycles. The van der Waals surface area contributed by atoms with E-state index in [1.54, 1.807) is 0 Å². The van der Waals surface area contributed by atoms with Gasteiger partial charge in [0.1, 0.15) is 0 Å². The highest BCUT2D eigenvalue weighted by Crippen LogP contribution is 2.33. The molecule has 1 aliphatic heterocycles. The second-order valence-electron chi connectivity index (χ2n) is 5.42. The minimum absolute atomic E-state index is 0.249. The van der Waals surface area contributed by atoms with Crippen molar-refractivity contribution in [2.24, 2.45) is 11.1 Å². The summed E-state index contributed by atoms with van der Waals surface area (Å²) in [5, 5.41) is 2.15. The van der Waals surface area contributed by atoms with Gasteiger partial charge in [0.05, 0.1) is 0 Å². The van der Waals surface area contributed by atoms with Crippen LogP contribution in [0.15, 0.2) is 17.5 Å². The lowest BCUT2D eigenvalue weighted by molar-refractivity contribution is -0.00133. The molecule has 0 spiro atoms. The lowest BCUT2D eigenvalue weighted by atomic mass is 9.79. The van der Waals surface area contributed by atoms with Gasteiger partial charge in [0.25, 0.3) is 0 Å². The highest BCUT2D eigenvalue weighted by molar-refractivity contribution is 7.10. The summed E-state index contributed by atoms with van der Waals surface area (Å²) < 4.78 is 5.47. The first-order valence-corrected chi connectivity index (χ1v) is 7.56. The summed E-state index contributed by atoms with van der Waals surface area (Å²) in [6.45, 7) is 5.82.